The second-order valence-electron chi connectivity index (χ2n) is 5.34. The topological polar surface area (TPSA) is 61.6 Å². The Kier molecular flexibility index (Phi) is 7.23. The molecule has 0 aliphatic carbocycles. The molecule has 5 nitrogen and oxygen atoms in total. The number of carbonyl (C=O) groups excluding carboxylic acids is 1. The van der Waals surface area contributed by atoms with E-state index in [1.165, 1.54) is 0 Å². The maximum atomic E-state index is 11.7. The number of rotatable bonds is 6. The molecule has 3 N–H and O–H groups in total. The maximum absolute atomic E-state index is 11.7. The molecule has 0 aromatic rings. The minimum Gasteiger partial charge on any atom is -0.353 e. The summed E-state index contributed by atoms with van der Waals surface area (Å²) in [7, 11) is 0. The van der Waals surface area contributed by atoms with E-state index < -0.39 is 0 Å². The Balaban J connectivity index is 2.26. The standard InChI is InChI=1S/C13H28N4O/c1-12(2)15-13(18)11-17-8-4-7-16(9-10-17)6-3-5-14/h12H,3-11,14H2,1-2H3,(H,15,18). The molecular formula is C13H28N4O. The Labute approximate surface area is 111 Å². The van der Waals surface area contributed by atoms with Crippen molar-refractivity contribution in [2.75, 3.05) is 45.8 Å². The van der Waals surface area contributed by atoms with E-state index in [4.69, 9.17) is 5.73 Å². The van der Waals surface area contributed by atoms with Gasteiger partial charge >= 0.3 is 0 Å². The Hall–Kier alpha value is -0.650. The molecule has 18 heavy (non-hydrogen) atoms. The van der Waals surface area contributed by atoms with Gasteiger partial charge in [-0.3, -0.25) is 9.69 Å². The Morgan fingerprint density at radius 3 is 2.56 bits per heavy atom. The molecule has 0 unspecified atom stereocenters. The summed E-state index contributed by atoms with van der Waals surface area (Å²) in [4.78, 5) is 16.4. The zero-order valence-corrected chi connectivity index (χ0v) is 11.8. The minimum absolute atomic E-state index is 0.139. The van der Waals surface area contributed by atoms with Gasteiger partial charge in [0.15, 0.2) is 0 Å². The molecule has 0 bridgehead atoms. The maximum Gasteiger partial charge on any atom is 0.234 e. The van der Waals surface area contributed by atoms with Crippen LogP contribution < -0.4 is 11.1 Å². The number of amides is 1. The first kappa shape index (κ1) is 15.4. The molecule has 1 heterocycles. The van der Waals surface area contributed by atoms with E-state index in [-0.39, 0.29) is 11.9 Å². The quantitative estimate of drug-likeness (QED) is 0.695. The van der Waals surface area contributed by atoms with E-state index in [0.29, 0.717) is 6.54 Å². The van der Waals surface area contributed by atoms with Crippen LogP contribution in [-0.4, -0.2) is 67.6 Å². The average molecular weight is 256 g/mol. The van der Waals surface area contributed by atoms with Crippen molar-refractivity contribution in [1.82, 2.24) is 15.1 Å². The van der Waals surface area contributed by atoms with Gasteiger partial charge in [0.05, 0.1) is 6.54 Å². The second kappa shape index (κ2) is 8.45. The van der Waals surface area contributed by atoms with Crippen molar-refractivity contribution in [2.24, 2.45) is 5.73 Å². The van der Waals surface area contributed by atoms with Crippen LogP contribution in [0.3, 0.4) is 0 Å². The van der Waals surface area contributed by atoms with Crippen LogP contribution in [0.25, 0.3) is 0 Å². The normalized spacial score (nSPS) is 18.9. The van der Waals surface area contributed by atoms with Crippen LogP contribution in [0.5, 0.6) is 0 Å². The summed E-state index contributed by atoms with van der Waals surface area (Å²) in [6, 6.07) is 0.227. The summed E-state index contributed by atoms with van der Waals surface area (Å²) >= 11 is 0. The van der Waals surface area contributed by atoms with Crippen molar-refractivity contribution < 1.29 is 4.79 Å². The minimum atomic E-state index is 0.139. The number of nitrogens with zero attached hydrogens (tertiary/aromatic N) is 2. The molecule has 1 amide bonds. The summed E-state index contributed by atoms with van der Waals surface area (Å²) < 4.78 is 0. The van der Waals surface area contributed by atoms with Crippen LogP contribution in [0.2, 0.25) is 0 Å². The Morgan fingerprint density at radius 1 is 1.22 bits per heavy atom. The third-order valence-corrected chi connectivity index (χ3v) is 3.18. The lowest BCUT2D eigenvalue weighted by Gasteiger charge is -2.21. The van der Waals surface area contributed by atoms with E-state index in [0.717, 1.165) is 52.1 Å². The summed E-state index contributed by atoms with van der Waals surface area (Å²) in [6.45, 7) is 10.5. The van der Waals surface area contributed by atoms with Crippen molar-refractivity contribution in [3.63, 3.8) is 0 Å². The van der Waals surface area contributed by atoms with Gasteiger partial charge in [-0.25, -0.2) is 0 Å². The van der Waals surface area contributed by atoms with Crippen molar-refractivity contribution in [3.8, 4) is 0 Å². The van der Waals surface area contributed by atoms with Crippen LogP contribution in [0.15, 0.2) is 0 Å². The van der Waals surface area contributed by atoms with E-state index in [1.807, 2.05) is 13.8 Å². The van der Waals surface area contributed by atoms with Crippen molar-refractivity contribution in [2.45, 2.75) is 32.7 Å². The lowest BCUT2D eigenvalue weighted by Crippen LogP contribution is -2.41. The van der Waals surface area contributed by atoms with Gasteiger partial charge in [0.2, 0.25) is 5.91 Å². The molecule has 1 aliphatic rings. The number of hydrogen-bond acceptors (Lipinski definition) is 4. The highest BCUT2D eigenvalue weighted by molar-refractivity contribution is 5.78. The summed E-state index contributed by atoms with van der Waals surface area (Å²) in [5.41, 5.74) is 5.53. The molecule has 106 valence electrons. The molecule has 0 aromatic heterocycles. The number of carbonyl (C=O) groups is 1. The van der Waals surface area contributed by atoms with E-state index in [9.17, 15) is 4.79 Å². The lowest BCUT2D eigenvalue weighted by atomic mass is 10.3. The fourth-order valence-corrected chi connectivity index (χ4v) is 2.29. The fourth-order valence-electron chi connectivity index (χ4n) is 2.29. The van der Waals surface area contributed by atoms with Crippen LogP contribution in [0, 0.1) is 0 Å². The third kappa shape index (κ3) is 6.33. The van der Waals surface area contributed by atoms with Gasteiger partial charge in [0.25, 0.3) is 0 Å². The smallest absolute Gasteiger partial charge is 0.234 e. The van der Waals surface area contributed by atoms with E-state index in [2.05, 4.69) is 15.1 Å². The molecule has 0 radical (unpaired) electrons. The van der Waals surface area contributed by atoms with Gasteiger partial charge in [-0.05, 0) is 52.9 Å². The zero-order valence-electron chi connectivity index (χ0n) is 11.8. The molecular weight excluding hydrogens is 228 g/mol. The van der Waals surface area contributed by atoms with Gasteiger partial charge in [0.1, 0.15) is 0 Å². The molecule has 0 spiro atoms. The first-order valence-electron chi connectivity index (χ1n) is 7.06. The highest BCUT2D eigenvalue weighted by Gasteiger charge is 2.16. The molecule has 5 heteroatoms. The molecule has 0 aromatic carbocycles. The molecule has 1 rings (SSSR count). The number of hydrogen-bond donors (Lipinski definition) is 2. The SMILES string of the molecule is CC(C)NC(=O)CN1CCCN(CCCN)CC1. The highest BCUT2D eigenvalue weighted by Crippen LogP contribution is 2.03. The van der Waals surface area contributed by atoms with Crippen LogP contribution in [-0.2, 0) is 4.79 Å². The van der Waals surface area contributed by atoms with Crippen LogP contribution >= 0.6 is 0 Å². The lowest BCUT2D eigenvalue weighted by molar-refractivity contribution is -0.122. The average Bonchev–Trinajstić information content (AvgIpc) is 2.51. The largest absolute Gasteiger partial charge is 0.353 e. The number of nitrogens with two attached hydrogens (primary N) is 1. The first-order valence-corrected chi connectivity index (χ1v) is 7.06. The van der Waals surface area contributed by atoms with Gasteiger partial charge in [0, 0.05) is 19.1 Å². The predicted molar refractivity (Wildman–Crippen MR) is 74.4 cm³/mol. The highest BCUT2D eigenvalue weighted by atomic mass is 16.2. The first-order chi connectivity index (χ1) is 8.61. The van der Waals surface area contributed by atoms with Gasteiger partial charge in [-0.1, -0.05) is 0 Å². The molecule has 0 atom stereocenters. The van der Waals surface area contributed by atoms with E-state index in [1.54, 1.807) is 0 Å². The van der Waals surface area contributed by atoms with Crippen LogP contribution in [0.4, 0.5) is 0 Å². The number of nitrogens with one attached hydrogen (secondary N) is 1. The van der Waals surface area contributed by atoms with Gasteiger partial charge in [-0.2, -0.15) is 0 Å². The van der Waals surface area contributed by atoms with Crippen molar-refractivity contribution in [1.29, 1.82) is 0 Å². The van der Waals surface area contributed by atoms with E-state index >= 15 is 0 Å². The Bertz CT molecular complexity index is 245. The summed E-state index contributed by atoms with van der Waals surface area (Å²) in [5.74, 6) is 0.139. The fraction of sp³-hybridized carbons (Fsp3) is 0.923. The predicted octanol–water partition coefficient (Wildman–Crippen LogP) is -0.132. The zero-order chi connectivity index (χ0) is 13.4. The molecule has 0 saturated carbocycles. The van der Waals surface area contributed by atoms with Crippen LogP contribution in [0.1, 0.15) is 26.7 Å². The van der Waals surface area contributed by atoms with Gasteiger partial charge in [-0.15, -0.1) is 0 Å². The van der Waals surface area contributed by atoms with Gasteiger partial charge < -0.3 is 16.0 Å². The monoisotopic (exact) mass is 256 g/mol. The Morgan fingerprint density at radius 2 is 1.89 bits per heavy atom. The molecule has 1 fully saturated rings. The summed E-state index contributed by atoms with van der Waals surface area (Å²) in [6.07, 6.45) is 2.20. The third-order valence-electron chi connectivity index (χ3n) is 3.18. The molecule has 1 saturated heterocycles. The van der Waals surface area contributed by atoms with Crippen molar-refractivity contribution in [3.05, 3.63) is 0 Å². The van der Waals surface area contributed by atoms with Crippen molar-refractivity contribution >= 4 is 5.91 Å². The molecule has 1 aliphatic heterocycles. The second-order valence-corrected chi connectivity index (χ2v) is 5.34. The summed E-state index contributed by atoms with van der Waals surface area (Å²) in [5, 5.41) is 2.95.